The van der Waals surface area contributed by atoms with Crippen molar-refractivity contribution in [3.8, 4) is 0 Å². The van der Waals surface area contributed by atoms with Gasteiger partial charge in [0, 0.05) is 45.7 Å². The molecule has 3 heterocycles. The van der Waals surface area contributed by atoms with Crippen LogP contribution in [0.5, 0.6) is 0 Å². The topological polar surface area (TPSA) is 77.5 Å². The zero-order chi connectivity index (χ0) is 18.7. The molecule has 2 fully saturated rings. The number of carbonyl (C=O) groups excluding carboxylic acids is 2. The lowest BCUT2D eigenvalue weighted by Gasteiger charge is -2.39. The second-order valence-electron chi connectivity index (χ2n) is 8.20. The van der Waals surface area contributed by atoms with Crippen LogP contribution in [0.3, 0.4) is 0 Å². The smallest absolute Gasteiger partial charge is 0.410 e. The van der Waals surface area contributed by atoms with E-state index in [4.69, 9.17) is 4.74 Å². The maximum absolute atomic E-state index is 12.2. The molecule has 0 aromatic heterocycles. The van der Waals surface area contributed by atoms with E-state index < -0.39 is 5.60 Å². The quantitative estimate of drug-likeness (QED) is 0.749. The van der Waals surface area contributed by atoms with Crippen LogP contribution in [0.4, 0.5) is 4.79 Å². The van der Waals surface area contributed by atoms with Crippen LogP contribution in [0.25, 0.3) is 0 Å². The Morgan fingerprint density at radius 2 is 2.12 bits per heavy atom. The van der Waals surface area contributed by atoms with Gasteiger partial charge in [-0.15, -0.1) is 0 Å². The lowest BCUT2D eigenvalue weighted by Crippen LogP contribution is -2.57. The van der Waals surface area contributed by atoms with Gasteiger partial charge in [0.1, 0.15) is 5.60 Å². The van der Waals surface area contributed by atoms with Crippen molar-refractivity contribution in [2.45, 2.75) is 51.7 Å². The van der Waals surface area contributed by atoms with Crippen LogP contribution in [0.2, 0.25) is 0 Å². The Bertz CT molecular complexity index is 572. The van der Waals surface area contributed by atoms with Gasteiger partial charge in [0.25, 0.3) is 0 Å². The van der Waals surface area contributed by atoms with Gasteiger partial charge in [-0.05, 0) is 33.6 Å². The third kappa shape index (κ3) is 4.59. The average Bonchev–Trinajstić information content (AvgIpc) is 3.16. The lowest BCUT2D eigenvalue weighted by molar-refractivity contribution is -0.127. The minimum absolute atomic E-state index is 0.221. The fraction of sp³-hybridized carbons (Fsp3) is 0.833. The summed E-state index contributed by atoms with van der Waals surface area (Å²) in [6.45, 7) is 10.9. The van der Waals surface area contributed by atoms with E-state index in [0.717, 1.165) is 45.0 Å². The molecule has 0 radical (unpaired) electrons. The summed E-state index contributed by atoms with van der Waals surface area (Å²) >= 11 is 0. The lowest BCUT2D eigenvalue weighted by atomic mass is 10.2. The summed E-state index contributed by atoms with van der Waals surface area (Å²) in [5.74, 6) is 1.20. The molecular formula is C18H31N5O3. The number of likely N-dealkylation sites (tertiary alicyclic amines) is 1. The van der Waals surface area contributed by atoms with Crippen LogP contribution in [-0.4, -0.2) is 90.1 Å². The van der Waals surface area contributed by atoms with Crippen molar-refractivity contribution in [2.24, 2.45) is 4.99 Å². The van der Waals surface area contributed by atoms with Gasteiger partial charge in [-0.25, -0.2) is 4.79 Å². The summed E-state index contributed by atoms with van der Waals surface area (Å²) in [5, 5.41) is 3.41. The number of guanidine groups is 1. The molecule has 0 aromatic rings. The number of amides is 2. The molecule has 0 bridgehead atoms. The molecule has 26 heavy (non-hydrogen) atoms. The monoisotopic (exact) mass is 365 g/mol. The van der Waals surface area contributed by atoms with Gasteiger partial charge < -0.3 is 24.8 Å². The zero-order valence-electron chi connectivity index (χ0n) is 16.2. The number of rotatable bonds is 4. The largest absolute Gasteiger partial charge is 0.444 e. The van der Waals surface area contributed by atoms with Crippen molar-refractivity contribution in [3.05, 3.63) is 0 Å². The van der Waals surface area contributed by atoms with Gasteiger partial charge in [0.05, 0.1) is 12.6 Å². The standard InChI is InChI=1S/C18H31N5O3/c1-18(2,3)26-17(25)22-10-11-23-14(13-22)12-20-16(23)19-7-5-9-21-8-4-6-15(21)24/h14H,4-13H2,1-3H3,(H,19,20). The molecule has 0 aromatic carbocycles. The third-order valence-electron chi connectivity index (χ3n) is 4.92. The summed E-state index contributed by atoms with van der Waals surface area (Å²) in [6.07, 6.45) is 2.37. The minimum atomic E-state index is -0.468. The second kappa shape index (κ2) is 7.72. The number of nitrogens with one attached hydrogen (secondary N) is 1. The summed E-state index contributed by atoms with van der Waals surface area (Å²) < 4.78 is 5.47. The van der Waals surface area contributed by atoms with E-state index in [9.17, 15) is 9.59 Å². The van der Waals surface area contributed by atoms with Crippen LogP contribution in [0.15, 0.2) is 4.99 Å². The van der Waals surface area contributed by atoms with E-state index >= 15 is 0 Å². The van der Waals surface area contributed by atoms with Crippen molar-refractivity contribution in [1.82, 2.24) is 20.0 Å². The number of ether oxygens (including phenoxy) is 1. The van der Waals surface area contributed by atoms with Crippen LogP contribution in [0.1, 0.15) is 40.0 Å². The van der Waals surface area contributed by atoms with Crippen LogP contribution in [0, 0.1) is 0 Å². The van der Waals surface area contributed by atoms with E-state index in [-0.39, 0.29) is 18.0 Å². The van der Waals surface area contributed by atoms with Crippen molar-refractivity contribution in [2.75, 3.05) is 45.8 Å². The number of aliphatic imine (C=N–C) groups is 1. The first kappa shape index (κ1) is 18.8. The molecule has 3 aliphatic rings. The molecular weight excluding hydrogens is 334 g/mol. The Morgan fingerprint density at radius 3 is 2.81 bits per heavy atom. The summed E-state index contributed by atoms with van der Waals surface area (Å²) in [5.41, 5.74) is -0.468. The fourth-order valence-corrected chi connectivity index (χ4v) is 3.63. The molecule has 3 aliphatic heterocycles. The van der Waals surface area contributed by atoms with Crippen LogP contribution >= 0.6 is 0 Å². The molecule has 8 heteroatoms. The van der Waals surface area contributed by atoms with Crippen molar-refractivity contribution in [1.29, 1.82) is 0 Å². The summed E-state index contributed by atoms with van der Waals surface area (Å²) in [4.78, 5) is 34.4. The SMILES string of the molecule is CC(C)(C)OC(=O)N1CCN2C(NCCCN3CCCC3=O)=NCC2C1. The van der Waals surface area contributed by atoms with Crippen molar-refractivity contribution >= 4 is 18.0 Å². The first-order valence-corrected chi connectivity index (χ1v) is 9.64. The van der Waals surface area contributed by atoms with Gasteiger partial charge in [-0.3, -0.25) is 9.79 Å². The highest BCUT2D eigenvalue weighted by Gasteiger charge is 2.36. The molecule has 1 atom stereocenters. The van der Waals surface area contributed by atoms with Crippen LogP contribution in [-0.2, 0) is 9.53 Å². The molecule has 1 N–H and O–H groups in total. The minimum Gasteiger partial charge on any atom is -0.444 e. The van der Waals surface area contributed by atoms with Crippen molar-refractivity contribution < 1.29 is 14.3 Å². The zero-order valence-corrected chi connectivity index (χ0v) is 16.2. The number of nitrogens with zero attached hydrogens (tertiary/aromatic N) is 4. The molecule has 0 spiro atoms. The molecule has 3 rings (SSSR count). The molecule has 8 nitrogen and oxygen atoms in total. The maximum Gasteiger partial charge on any atom is 0.410 e. The van der Waals surface area contributed by atoms with Gasteiger partial charge in [0.15, 0.2) is 5.96 Å². The first-order valence-electron chi connectivity index (χ1n) is 9.64. The third-order valence-corrected chi connectivity index (χ3v) is 4.92. The summed E-state index contributed by atoms with van der Waals surface area (Å²) in [7, 11) is 0. The molecule has 0 aliphatic carbocycles. The van der Waals surface area contributed by atoms with E-state index in [2.05, 4.69) is 15.2 Å². The highest BCUT2D eigenvalue weighted by molar-refractivity contribution is 5.82. The second-order valence-corrected chi connectivity index (χ2v) is 8.20. The Hall–Kier alpha value is -1.99. The number of carbonyl (C=O) groups is 2. The Morgan fingerprint density at radius 1 is 1.31 bits per heavy atom. The number of piperazine rings is 1. The number of hydrogen-bond acceptors (Lipinski definition) is 6. The number of hydrogen-bond donors (Lipinski definition) is 1. The fourth-order valence-electron chi connectivity index (χ4n) is 3.63. The molecule has 0 saturated carbocycles. The van der Waals surface area contributed by atoms with Gasteiger partial charge in [0.2, 0.25) is 5.91 Å². The van der Waals surface area contributed by atoms with Crippen LogP contribution < -0.4 is 5.32 Å². The number of fused-ring (bicyclic) bond motifs is 1. The Labute approximate surface area is 155 Å². The molecule has 146 valence electrons. The van der Waals surface area contributed by atoms with Gasteiger partial charge in [-0.2, -0.15) is 0 Å². The van der Waals surface area contributed by atoms with Gasteiger partial charge >= 0.3 is 6.09 Å². The average molecular weight is 365 g/mol. The highest BCUT2D eigenvalue weighted by Crippen LogP contribution is 2.18. The summed E-state index contributed by atoms with van der Waals surface area (Å²) in [6, 6.07) is 0.221. The van der Waals surface area contributed by atoms with E-state index in [1.807, 2.05) is 25.7 Å². The maximum atomic E-state index is 12.2. The molecule has 2 saturated heterocycles. The van der Waals surface area contributed by atoms with E-state index in [1.165, 1.54) is 0 Å². The van der Waals surface area contributed by atoms with Gasteiger partial charge in [-0.1, -0.05) is 0 Å². The van der Waals surface area contributed by atoms with Crippen molar-refractivity contribution in [3.63, 3.8) is 0 Å². The highest BCUT2D eigenvalue weighted by atomic mass is 16.6. The Kier molecular flexibility index (Phi) is 5.58. The van der Waals surface area contributed by atoms with E-state index in [0.29, 0.717) is 26.1 Å². The normalized spacial score (nSPS) is 23.2. The molecule has 1 unspecified atom stereocenters. The molecule has 2 amide bonds. The first-order chi connectivity index (χ1) is 12.3. The predicted octanol–water partition coefficient (Wildman–Crippen LogP) is 0.879. The predicted molar refractivity (Wildman–Crippen MR) is 99.0 cm³/mol. The Balaban J connectivity index is 1.39. The van der Waals surface area contributed by atoms with E-state index in [1.54, 1.807) is 4.90 Å².